The Bertz CT molecular complexity index is 1040. The summed E-state index contributed by atoms with van der Waals surface area (Å²) in [6.45, 7) is 6.06. The van der Waals surface area contributed by atoms with Crippen LogP contribution in [0.1, 0.15) is 32.6 Å². The van der Waals surface area contributed by atoms with Crippen LogP contribution >= 0.6 is 0 Å². The third-order valence-electron chi connectivity index (χ3n) is 6.48. The third kappa shape index (κ3) is 3.86. The van der Waals surface area contributed by atoms with Gasteiger partial charge in [0.25, 0.3) is 0 Å². The molecular formula is C23H29N5O2. The lowest BCUT2D eigenvalue weighted by atomic mass is 9.87. The average molecular weight is 408 g/mol. The fourth-order valence-corrected chi connectivity index (χ4v) is 4.90. The molecule has 3 aromatic rings. The minimum absolute atomic E-state index is 0.157. The molecule has 30 heavy (non-hydrogen) atoms. The smallest absolute Gasteiger partial charge is 0.234 e. The number of carbonyl (C=O) groups is 1. The van der Waals surface area contributed by atoms with Crippen LogP contribution in [0.2, 0.25) is 0 Å². The summed E-state index contributed by atoms with van der Waals surface area (Å²) < 4.78 is 6.08. The molecule has 7 nitrogen and oxygen atoms in total. The topological polar surface area (TPSA) is 74.5 Å². The van der Waals surface area contributed by atoms with Crippen LogP contribution in [0.15, 0.2) is 35.0 Å². The maximum Gasteiger partial charge on any atom is 0.234 e. The largest absolute Gasteiger partial charge is 0.450 e. The molecule has 7 heteroatoms. The van der Waals surface area contributed by atoms with Crippen molar-refractivity contribution in [2.45, 2.75) is 38.6 Å². The van der Waals surface area contributed by atoms with E-state index < -0.39 is 0 Å². The van der Waals surface area contributed by atoms with Gasteiger partial charge in [0.1, 0.15) is 17.4 Å². The Hall–Kier alpha value is -2.67. The van der Waals surface area contributed by atoms with E-state index in [4.69, 9.17) is 4.42 Å². The number of rotatable bonds is 4. The molecule has 1 saturated carbocycles. The average Bonchev–Trinajstić information content (AvgIpc) is 3.13. The highest BCUT2D eigenvalue weighted by Gasteiger charge is 2.25. The summed E-state index contributed by atoms with van der Waals surface area (Å²) in [5.41, 5.74) is 2.44. The van der Waals surface area contributed by atoms with Gasteiger partial charge in [-0.1, -0.05) is 31.9 Å². The van der Waals surface area contributed by atoms with Crippen LogP contribution in [0.25, 0.3) is 22.1 Å². The van der Waals surface area contributed by atoms with Gasteiger partial charge in [0.05, 0.1) is 6.54 Å². The summed E-state index contributed by atoms with van der Waals surface area (Å²) in [5.74, 6) is 1.72. The number of benzene rings is 1. The predicted molar refractivity (Wildman–Crippen MR) is 118 cm³/mol. The van der Waals surface area contributed by atoms with Gasteiger partial charge in [-0.2, -0.15) is 0 Å². The summed E-state index contributed by atoms with van der Waals surface area (Å²) >= 11 is 0. The monoisotopic (exact) mass is 407 g/mol. The number of fused-ring (bicyclic) bond motifs is 3. The number of carbonyl (C=O) groups excluding carboxylic acids is 1. The molecule has 1 aromatic carbocycles. The fourth-order valence-electron chi connectivity index (χ4n) is 4.90. The van der Waals surface area contributed by atoms with Gasteiger partial charge in [0.2, 0.25) is 5.91 Å². The standard InChI is InChI=1S/C23H29N5O2/c1-16-5-4-6-17(13-16)26-20(29)14-27-9-11-28(12-10-27)23-22-21(24-15-25-23)18-7-2-3-8-19(18)30-22/h2-3,7-8,15-17H,4-6,9-14H2,1H3,(H,26,29). The Kier molecular flexibility index (Phi) is 5.29. The first-order chi connectivity index (χ1) is 14.7. The van der Waals surface area contributed by atoms with E-state index in [9.17, 15) is 4.79 Å². The lowest BCUT2D eigenvalue weighted by Gasteiger charge is -2.35. The van der Waals surface area contributed by atoms with Crippen molar-refractivity contribution < 1.29 is 9.21 Å². The highest BCUT2D eigenvalue weighted by Crippen LogP contribution is 2.32. The van der Waals surface area contributed by atoms with Crippen molar-refractivity contribution in [3.05, 3.63) is 30.6 Å². The van der Waals surface area contributed by atoms with Crippen LogP contribution < -0.4 is 10.2 Å². The number of amides is 1. The zero-order valence-corrected chi connectivity index (χ0v) is 17.5. The Morgan fingerprint density at radius 1 is 1.17 bits per heavy atom. The number of piperazine rings is 1. The number of hydrogen-bond donors (Lipinski definition) is 1. The molecule has 5 rings (SSSR count). The number of furan rings is 1. The van der Waals surface area contributed by atoms with Gasteiger partial charge in [-0.25, -0.2) is 9.97 Å². The van der Waals surface area contributed by atoms with Crippen LogP contribution in [0.4, 0.5) is 5.82 Å². The van der Waals surface area contributed by atoms with Crippen molar-refractivity contribution in [2.75, 3.05) is 37.6 Å². The molecule has 1 saturated heterocycles. The molecule has 3 heterocycles. The predicted octanol–water partition coefficient (Wildman–Crippen LogP) is 3.19. The summed E-state index contributed by atoms with van der Waals surface area (Å²) in [5, 5.41) is 4.27. The Morgan fingerprint density at radius 2 is 2.00 bits per heavy atom. The molecule has 1 aliphatic heterocycles. The molecule has 2 unspecified atom stereocenters. The normalized spacial score (nSPS) is 23.2. The second kappa shape index (κ2) is 8.22. The number of para-hydroxylation sites is 1. The summed E-state index contributed by atoms with van der Waals surface area (Å²) in [4.78, 5) is 25.9. The van der Waals surface area contributed by atoms with Crippen molar-refractivity contribution in [3.8, 4) is 0 Å². The highest BCUT2D eigenvalue weighted by atomic mass is 16.3. The van der Waals surface area contributed by atoms with E-state index in [-0.39, 0.29) is 5.91 Å². The second-order valence-electron chi connectivity index (χ2n) is 8.77. The molecule has 1 aliphatic carbocycles. The van der Waals surface area contributed by atoms with Gasteiger partial charge in [-0.05, 0) is 30.9 Å². The van der Waals surface area contributed by atoms with Crippen molar-refractivity contribution in [2.24, 2.45) is 5.92 Å². The van der Waals surface area contributed by atoms with Crippen LogP contribution in [0.5, 0.6) is 0 Å². The van der Waals surface area contributed by atoms with E-state index in [1.165, 1.54) is 12.8 Å². The van der Waals surface area contributed by atoms with E-state index in [0.29, 0.717) is 12.6 Å². The van der Waals surface area contributed by atoms with Gasteiger partial charge in [0.15, 0.2) is 11.4 Å². The molecule has 2 aliphatic rings. The zero-order valence-electron chi connectivity index (χ0n) is 17.5. The maximum atomic E-state index is 12.5. The first kappa shape index (κ1) is 19.3. The summed E-state index contributed by atoms with van der Waals surface area (Å²) in [6.07, 6.45) is 6.35. The molecule has 0 radical (unpaired) electrons. The van der Waals surface area contributed by atoms with Gasteiger partial charge < -0.3 is 14.6 Å². The van der Waals surface area contributed by atoms with Crippen LogP contribution in [-0.4, -0.2) is 59.5 Å². The molecule has 0 spiro atoms. The Balaban J connectivity index is 1.21. The maximum absolute atomic E-state index is 12.5. The van der Waals surface area contributed by atoms with E-state index >= 15 is 0 Å². The molecule has 2 aromatic heterocycles. The highest BCUT2D eigenvalue weighted by molar-refractivity contribution is 6.05. The quantitative estimate of drug-likeness (QED) is 0.716. The number of nitrogens with zero attached hydrogens (tertiary/aromatic N) is 4. The Morgan fingerprint density at radius 3 is 2.83 bits per heavy atom. The SMILES string of the molecule is CC1CCCC(NC(=O)CN2CCN(c3ncnc4c3oc3ccccc34)CC2)C1. The van der Waals surface area contributed by atoms with Crippen molar-refractivity contribution in [1.29, 1.82) is 0 Å². The van der Waals surface area contributed by atoms with Gasteiger partial charge >= 0.3 is 0 Å². The first-order valence-electron chi connectivity index (χ1n) is 11.1. The van der Waals surface area contributed by atoms with Gasteiger partial charge in [0, 0.05) is 37.6 Å². The van der Waals surface area contributed by atoms with E-state index in [0.717, 1.165) is 72.8 Å². The lowest BCUT2D eigenvalue weighted by Crippen LogP contribution is -2.51. The molecule has 2 atom stereocenters. The molecule has 1 amide bonds. The van der Waals surface area contributed by atoms with Gasteiger partial charge in [-0.3, -0.25) is 9.69 Å². The number of aromatic nitrogens is 2. The van der Waals surface area contributed by atoms with Crippen molar-refractivity contribution in [1.82, 2.24) is 20.2 Å². The zero-order chi connectivity index (χ0) is 20.5. The van der Waals surface area contributed by atoms with E-state index in [1.54, 1.807) is 6.33 Å². The molecule has 2 fully saturated rings. The van der Waals surface area contributed by atoms with Crippen molar-refractivity contribution in [3.63, 3.8) is 0 Å². The number of anilines is 1. The van der Waals surface area contributed by atoms with Crippen LogP contribution in [0, 0.1) is 5.92 Å². The first-order valence-corrected chi connectivity index (χ1v) is 11.1. The minimum atomic E-state index is 0.157. The van der Waals surface area contributed by atoms with E-state index in [2.05, 4.69) is 32.0 Å². The minimum Gasteiger partial charge on any atom is -0.450 e. The summed E-state index contributed by atoms with van der Waals surface area (Å²) in [6, 6.07) is 8.31. The number of hydrogen-bond acceptors (Lipinski definition) is 6. The Labute approximate surface area is 176 Å². The molecule has 0 bridgehead atoms. The number of nitrogens with one attached hydrogen (secondary N) is 1. The van der Waals surface area contributed by atoms with Crippen LogP contribution in [0.3, 0.4) is 0 Å². The molecular weight excluding hydrogens is 378 g/mol. The summed E-state index contributed by atoms with van der Waals surface area (Å²) in [7, 11) is 0. The van der Waals surface area contributed by atoms with E-state index in [1.807, 2.05) is 24.3 Å². The second-order valence-corrected chi connectivity index (χ2v) is 8.77. The van der Waals surface area contributed by atoms with Crippen LogP contribution in [-0.2, 0) is 4.79 Å². The lowest BCUT2D eigenvalue weighted by molar-refractivity contribution is -0.123. The van der Waals surface area contributed by atoms with Crippen molar-refractivity contribution >= 4 is 33.8 Å². The fraction of sp³-hybridized carbons (Fsp3) is 0.522. The van der Waals surface area contributed by atoms with Gasteiger partial charge in [-0.15, -0.1) is 0 Å². The molecule has 1 N–H and O–H groups in total. The third-order valence-corrected chi connectivity index (χ3v) is 6.48. The molecule has 158 valence electrons.